The maximum absolute atomic E-state index is 13.5. The zero-order valence-electron chi connectivity index (χ0n) is 23.6. The monoisotopic (exact) mass is 593 g/mol. The molecule has 0 heterocycles. The average molecular weight is 594 g/mol. The summed E-state index contributed by atoms with van der Waals surface area (Å²) >= 11 is 0. The molecule has 0 aliphatic carbocycles. The quantitative estimate of drug-likeness (QED) is 0.138. The van der Waals surface area contributed by atoms with Crippen LogP contribution in [0.1, 0.15) is 18.1 Å². The van der Waals surface area contributed by atoms with Gasteiger partial charge in [0.25, 0.3) is 15.9 Å². The zero-order valence-corrected chi connectivity index (χ0v) is 24.4. The van der Waals surface area contributed by atoms with Crippen molar-refractivity contribution >= 4 is 38.6 Å². The predicted octanol–water partition coefficient (Wildman–Crippen LogP) is 6.16. The van der Waals surface area contributed by atoms with E-state index in [4.69, 9.17) is 9.47 Å². The van der Waals surface area contributed by atoms with E-state index < -0.39 is 22.5 Å². The first-order valence-corrected chi connectivity index (χ1v) is 15.2. The number of carbonyl (C=O) groups excluding carboxylic acids is 1. The Balaban J connectivity index is 1.22. The van der Waals surface area contributed by atoms with E-state index in [-0.39, 0.29) is 4.90 Å². The highest BCUT2D eigenvalue weighted by Crippen LogP contribution is 2.26. The number of rotatable bonds is 12. The van der Waals surface area contributed by atoms with Crippen molar-refractivity contribution in [2.45, 2.75) is 18.4 Å². The molecule has 5 aromatic rings. The fourth-order valence-corrected chi connectivity index (χ4v) is 5.93. The molecule has 0 spiro atoms. The smallest absolute Gasteiger partial charge is 0.264 e. The minimum absolute atomic E-state index is 0.0722. The summed E-state index contributed by atoms with van der Waals surface area (Å²) in [5, 5.41) is 6.35. The molecule has 0 aliphatic heterocycles. The highest BCUT2D eigenvalue weighted by molar-refractivity contribution is 7.92. The van der Waals surface area contributed by atoms with Crippen LogP contribution in [-0.4, -0.2) is 33.7 Å². The number of nitrogens with one attached hydrogen (secondary N) is 1. The molecule has 9 heteroatoms. The van der Waals surface area contributed by atoms with E-state index in [0.29, 0.717) is 30.4 Å². The fourth-order valence-electron chi connectivity index (χ4n) is 4.48. The van der Waals surface area contributed by atoms with Crippen LogP contribution in [0.5, 0.6) is 11.5 Å². The summed E-state index contributed by atoms with van der Waals surface area (Å²) in [4.78, 5) is 12.9. The van der Waals surface area contributed by atoms with Crippen LogP contribution in [0, 0.1) is 0 Å². The van der Waals surface area contributed by atoms with Gasteiger partial charge in [-0.1, -0.05) is 60.7 Å². The molecule has 0 radical (unpaired) electrons. The number of benzene rings is 5. The third kappa shape index (κ3) is 7.38. The summed E-state index contributed by atoms with van der Waals surface area (Å²) in [5.74, 6) is 0.702. The second kappa shape index (κ2) is 13.7. The van der Waals surface area contributed by atoms with E-state index in [1.165, 1.54) is 18.3 Å². The van der Waals surface area contributed by atoms with Crippen LogP contribution in [0.3, 0.4) is 0 Å². The maximum atomic E-state index is 13.5. The number of nitrogens with zero attached hydrogens (tertiary/aromatic N) is 2. The summed E-state index contributed by atoms with van der Waals surface area (Å²) in [6.45, 7) is 2.30. The van der Waals surface area contributed by atoms with Gasteiger partial charge in [-0.3, -0.25) is 9.10 Å². The van der Waals surface area contributed by atoms with Gasteiger partial charge in [-0.2, -0.15) is 5.10 Å². The third-order valence-electron chi connectivity index (χ3n) is 6.61. The Labute approximate surface area is 251 Å². The van der Waals surface area contributed by atoms with E-state index in [1.54, 1.807) is 42.5 Å². The molecular weight excluding hydrogens is 562 g/mol. The molecule has 43 heavy (non-hydrogen) atoms. The Morgan fingerprint density at radius 3 is 2.19 bits per heavy atom. The zero-order chi connectivity index (χ0) is 30.1. The van der Waals surface area contributed by atoms with Gasteiger partial charge in [0, 0.05) is 0 Å². The van der Waals surface area contributed by atoms with Crippen LogP contribution in [-0.2, 0) is 21.4 Å². The van der Waals surface area contributed by atoms with Gasteiger partial charge in [-0.25, -0.2) is 13.8 Å². The fraction of sp³-hybridized carbons (Fsp3) is 0.118. The average Bonchev–Trinajstić information content (AvgIpc) is 3.04. The summed E-state index contributed by atoms with van der Waals surface area (Å²) < 4.78 is 39.5. The molecule has 8 nitrogen and oxygen atoms in total. The van der Waals surface area contributed by atoms with Gasteiger partial charge in [0.15, 0.2) is 0 Å². The molecule has 1 amide bonds. The van der Waals surface area contributed by atoms with Gasteiger partial charge in [0.05, 0.1) is 23.4 Å². The number of hydrazone groups is 1. The Hall–Kier alpha value is -5.15. The first-order chi connectivity index (χ1) is 20.9. The molecule has 0 unspecified atom stereocenters. The molecule has 0 atom stereocenters. The van der Waals surface area contributed by atoms with Crippen molar-refractivity contribution in [1.82, 2.24) is 5.43 Å². The molecule has 5 aromatic carbocycles. The van der Waals surface area contributed by atoms with E-state index >= 15 is 0 Å². The molecule has 0 saturated heterocycles. The van der Waals surface area contributed by atoms with Gasteiger partial charge in [0.1, 0.15) is 24.7 Å². The minimum atomic E-state index is -4.03. The Morgan fingerprint density at radius 2 is 1.44 bits per heavy atom. The summed E-state index contributed by atoms with van der Waals surface area (Å²) in [6, 6.07) is 36.1. The molecule has 0 aromatic heterocycles. The highest BCUT2D eigenvalue weighted by atomic mass is 32.2. The predicted molar refractivity (Wildman–Crippen MR) is 169 cm³/mol. The second-order valence-corrected chi connectivity index (χ2v) is 11.4. The lowest BCUT2D eigenvalue weighted by Gasteiger charge is -2.24. The number of fused-ring (bicyclic) bond motifs is 1. The number of hydrogen-bond acceptors (Lipinski definition) is 6. The lowest BCUT2D eigenvalue weighted by molar-refractivity contribution is -0.119. The van der Waals surface area contributed by atoms with Gasteiger partial charge >= 0.3 is 0 Å². The Bertz CT molecular complexity index is 1800. The van der Waals surface area contributed by atoms with Gasteiger partial charge in [-0.05, 0) is 89.5 Å². The topological polar surface area (TPSA) is 97.3 Å². The van der Waals surface area contributed by atoms with Crippen molar-refractivity contribution in [3.8, 4) is 11.5 Å². The van der Waals surface area contributed by atoms with Crippen molar-refractivity contribution in [2.24, 2.45) is 5.10 Å². The number of carbonyl (C=O) groups is 1. The van der Waals surface area contributed by atoms with Crippen LogP contribution in [0.4, 0.5) is 5.69 Å². The number of ether oxygens (including phenoxy) is 2. The van der Waals surface area contributed by atoms with Crippen LogP contribution in [0.15, 0.2) is 131 Å². The molecule has 0 saturated carbocycles. The molecule has 0 fully saturated rings. The van der Waals surface area contributed by atoms with E-state index in [0.717, 1.165) is 26.2 Å². The Kier molecular flexibility index (Phi) is 9.33. The minimum Gasteiger partial charge on any atom is -0.494 e. The number of sulfonamides is 1. The Morgan fingerprint density at radius 1 is 0.791 bits per heavy atom. The largest absolute Gasteiger partial charge is 0.494 e. The van der Waals surface area contributed by atoms with Crippen LogP contribution < -0.4 is 19.2 Å². The molecule has 0 aliphatic rings. The SMILES string of the molecule is CCOc1ccc(N(CC(=O)N/N=C\c2ccc(OCc3cccc4ccccc34)cc2)S(=O)(=O)c2ccccc2)cc1. The number of amides is 1. The van der Waals surface area contributed by atoms with Gasteiger partial charge in [0.2, 0.25) is 0 Å². The summed E-state index contributed by atoms with van der Waals surface area (Å²) in [6.07, 6.45) is 1.49. The van der Waals surface area contributed by atoms with Crippen molar-refractivity contribution in [1.29, 1.82) is 0 Å². The molecule has 5 rings (SSSR count). The van der Waals surface area contributed by atoms with Crippen LogP contribution >= 0.6 is 0 Å². The number of hydrogen-bond donors (Lipinski definition) is 1. The molecule has 218 valence electrons. The molecule has 1 N–H and O–H groups in total. The number of anilines is 1. The van der Waals surface area contributed by atoms with E-state index in [2.05, 4.69) is 28.7 Å². The van der Waals surface area contributed by atoms with Gasteiger partial charge in [-0.15, -0.1) is 0 Å². The first-order valence-electron chi connectivity index (χ1n) is 13.8. The van der Waals surface area contributed by atoms with Crippen LogP contribution in [0.2, 0.25) is 0 Å². The van der Waals surface area contributed by atoms with Crippen molar-refractivity contribution in [2.75, 3.05) is 17.5 Å². The lowest BCUT2D eigenvalue weighted by Crippen LogP contribution is -2.39. The second-order valence-electron chi connectivity index (χ2n) is 9.54. The van der Waals surface area contributed by atoms with E-state index in [9.17, 15) is 13.2 Å². The molecular formula is C34H31N3O5S. The lowest BCUT2D eigenvalue weighted by atomic mass is 10.1. The summed E-state index contributed by atoms with van der Waals surface area (Å²) in [7, 11) is -4.03. The van der Waals surface area contributed by atoms with E-state index in [1.807, 2.05) is 55.5 Å². The normalized spacial score (nSPS) is 11.4. The molecule has 0 bridgehead atoms. The van der Waals surface area contributed by atoms with Crippen molar-refractivity contribution in [3.63, 3.8) is 0 Å². The third-order valence-corrected chi connectivity index (χ3v) is 8.40. The van der Waals surface area contributed by atoms with Crippen LogP contribution in [0.25, 0.3) is 10.8 Å². The first kappa shape index (κ1) is 29.3. The highest BCUT2D eigenvalue weighted by Gasteiger charge is 2.27. The standard InChI is InChI=1S/C34H31N3O5S/c1-2-41-30-21-17-29(18-22-30)37(43(39,40)32-12-4-3-5-13-32)24-34(38)36-35-23-26-15-19-31(20-16-26)42-25-28-11-8-10-27-9-6-7-14-33(27)28/h3-23H,2,24-25H2,1H3,(H,36,38)/b35-23-. The van der Waals surface area contributed by atoms with Gasteiger partial charge < -0.3 is 9.47 Å². The maximum Gasteiger partial charge on any atom is 0.264 e. The summed E-state index contributed by atoms with van der Waals surface area (Å²) in [5.41, 5.74) is 4.59. The van der Waals surface area contributed by atoms with Crippen molar-refractivity contribution in [3.05, 3.63) is 132 Å². The van der Waals surface area contributed by atoms with Crippen molar-refractivity contribution < 1.29 is 22.7 Å².